The number of hydrogen-bond acceptors (Lipinski definition) is 3. The molecular weight excluding hydrogens is 252 g/mol. The van der Waals surface area contributed by atoms with Gasteiger partial charge in [-0.1, -0.05) is 45.0 Å². The molecule has 3 rings (SSSR count). The van der Waals surface area contributed by atoms with Crippen LogP contribution in [0.4, 0.5) is 5.13 Å². The maximum absolute atomic E-state index is 5.82. The van der Waals surface area contributed by atoms with Crippen molar-refractivity contribution in [3.05, 3.63) is 46.0 Å². The molecule has 0 saturated carbocycles. The van der Waals surface area contributed by atoms with Crippen LogP contribution in [0.5, 0.6) is 0 Å². The molecule has 1 aromatic heterocycles. The molecule has 2 aromatic rings. The second kappa shape index (κ2) is 4.34. The topological polar surface area (TPSA) is 38.9 Å². The third kappa shape index (κ3) is 2.27. The van der Waals surface area contributed by atoms with E-state index in [0.717, 1.165) is 6.42 Å². The van der Waals surface area contributed by atoms with Gasteiger partial charge in [0.1, 0.15) is 0 Å². The largest absolute Gasteiger partial charge is 0.375 e. The zero-order valence-corrected chi connectivity index (χ0v) is 12.6. The van der Waals surface area contributed by atoms with Crippen LogP contribution in [0.15, 0.2) is 24.3 Å². The van der Waals surface area contributed by atoms with Gasteiger partial charge in [-0.15, -0.1) is 11.3 Å². The van der Waals surface area contributed by atoms with Gasteiger partial charge in [-0.05, 0) is 29.4 Å². The van der Waals surface area contributed by atoms with Crippen molar-refractivity contribution in [2.24, 2.45) is 0 Å². The van der Waals surface area contributed by atoms with Gasteiger partial charge in [-0.2, -0.15) is 0 Å². The van der Waals surface area contributed by atoms with Gasteiger partial charge in [0.25, 0.3) is 0 Å². The molecule has 0 amide bonds. The Labute approximate surface area is 118 Å². The molecule has 1 heterocycles. The van der Waals surface area contributed by atoms with Crippen molar-refractivity contribution < 1.29 is 0 Å². The summed E-state index contributed by atoms with van der Waals surface area (Å²) in [5.74, 6) is 0.499. The lowest BCUT2D eigenvalue weighted by atomic mass is 9.85. The molecule has 100 valence electrons. The number of anilines is 1. The minimum atomic E-state index is 0.217. The number of aryl methyl sites for hydroxylation is 1. The SMILES string of the molecule is CC(C)(C)c1ccc(C2CCc3nc(N)sc32)cc1. The van der Waals surface area contributed by atoms with E-state index in [1.807, 2.05) is 0 Å². The van der Waals surface area contributed by atoms with Crippen LogP contribution in [-0.4, -0.2) is 4.98 Å². The first-order chi connectivity index (χ1) is 8.95. The highest BCUT2D eigenvalue weighted by Gasteiger charge is 2.28. The second-order valence-corrected chi connectivity index (χ2v) is 7.39. The van der Waals surface area contributed by atoms with E-state index in [1.165, 1.54) is 28.1 Å². The van der Waals surface area contributed by atoms with E-state index >= 15 is 0 Å². The van der Waals surface area contributed by atoms with Crippen molar-refractivity contribution in [3.8, 4) is 0 Å². The number of benzene rings is 1. The second-order valence-electron chi connectivity index (χ2n) is 6.33. The normalized spacial score (nSPS) is 18.6. The molecular formula is C16H20N2S. The molecule has 1 atom stereocenters. The average molecular weight is 272 g/mol. The fourth-order valence-corrected chi connectivity index (χ4v) is 3.82. The predicted octanol–water partition coefficient (Wildman–Crippen LogP) is 4.10. The van der Waals surface area contributed by atoms with Crippen LogP contribution in [0.25, 0.3) is 0 Å². The van der Waals surface area contributed by atoms with Gasteiger partial charge in [-0.3, -0.25) is 0 Å². The van der Waals surface area contributed by atoms with Crippen LogP contribution in [-0.2, 0) is 11.8 Å². The van der Waals surface area contributed by atoms with E-state index in [9.17, 15) is 0 Å². The Morgan fingerprint density at radius 2 is 1.89 bits per heavy atom. The van der Waals surface area contributed by atoms with Crippen molar-refractivity contribution >= 4 is 16.5 Å². The lowest BCUT2D eigenvalue weighted by Crippen LogP contribution is -2.10. The lowest BCUT2D eigenvalue weighted by Gasteiger charge is -2.20. The quantitative estimate of drug-likeness (QED) is 0.848. The molecule has 1 aromatic carbocycles. The zero-order valence-electron chi connectivity index (χ0n) is 11.7. The Morgan fingerprint density at radius 1 is 1.21 bits per heavy atom. The van der Waals surface area contributed by atoms with Crippen molar-refractivity contribution in [2.45, 2.75) is 44.9 Å². The molecule has 0 spiro atoms. The number of aromatic nitrogens is 1. The Hall–Kier alpha value is -1.35. The van der Waals surface area contributed by atoms with Gasteiger partial charge >= 0.3 is 0 Å². The van der Waals surface area contributed by atoms with E-state index in [-0.39, 0.29) is 5.41 Å². The number of fused-ring (bicyclic) bond motifs is 1. The van der Waals surface area contributed by atoms with E-state index in [1.54, 1.807) is 11.3 Å². The van der Waals surface area contributed by atoms with Gasteiger partial charge in [0.05, 0.1) is 5.69 Å². The van der Waals surface area contributed by atoms with E-state index in [4.69, 9.17) is 5.73 Å². The predicted molar refractivity (Wildman–Crippen MR) is 81.8 cm³/mol. The summed E-state index contributed by atoms with van der Waals surface area (Å²) in [6.07, 6.45) is 2.23. The molecule has 0 saturated heterocycles. The van der Waals surface area contributed by atoms with Crippen LogP contribution >= 0.6 is 11.3 Å². The van der Waals surface area contributed by atoms with E-state index in [2.05, 4.69) is 50.0 Å². The van der Waals surface area contributed by atoms with Crippen LogP contribution in [0.3, 0.4) is 0 Å². The first-order valence-corrected chi connectivity index (χ1v) is 7.62. The molecule has 0 radical (unpaired) electrons. The van der Waals surface area contributed by atoms with Crippen molar-refractivity contribution in [1.29, 1.82) is 0 Å². The molecule has 3 heteroatoms. The number of thiazole rings is 1. The highest BCUT2D eigenvalue weighted by Crippen LogP contribution is 2.42. The number of hydrogen-bond donors (Lipinski definition) is 1. The summed E-state index contributed by atoms with van der Waals surface area (Å²) in [4.78, 5) is 5.80. The van der Waals surface area contributed by atoms with Crippen molar-refractivity contribution in [3.63, 3.8) is 0 Å². The lowest BCUT2D eigenvalue weighted by molar-refractivity contribution is 0.589. The first-order valence-electron chi connectivity index (χ1n) is 6.80. The Bertz CT molecular complexity index is 590. The van der Waals surface area contributed by atoms with Gasteiger partial charge in [0, 0.05) is 10.8 Å². The monoisotopic (exact) mass is 272 g/mol. The highest BCUT2D eigenvalue weighted by atomic mass is 32.1. The maximum Gasteiger partial charge on any atom is 0.180 e. The smallest absolute Gasteiger partial charge is 0.180 e. The Kier molecular flexibility index (Phi) is 2.90. The first kappa shape index (κ1) is 12.7. The minimum Gasteiger partial charge on any atom is -0.375 e. The van der Waals surface area contributed by atoms with Gasteiger partial charge < -0.3 is 5.73 Å². The summed E-state index contributed by atoms with van der Waals surface area (Å²) < 4.78 is 0. The molecule has 2 nitrogen and oxygen atoms in total. The molecule has 1 aliphatic carbocycles. The minimum absolute atomic E-state index is 0.217. The fraction of sp³-hybridized carbons (Fsp3) is 0.438. The average Bonchev–Trinajstić information content (AvgIpc) is 2.86. The number of nitrogens with two attached hydrogens (primary N) is 1. The summed E-state index contributed by atoms with van der Waals surface area (Å²) in [5, 5.41) is 0.709. The standard InChI is InChI=1S/C16H20N2S/c1-16(2,3)11-6-4-10(5-7-11)12-8-9-13-14(12)19-15(17)18-13/h4-7,12H,8-9H2,1-3H3,(H2,17,18). The van der Waals surface area contributed by atoms with Gasteiger partial charge in [0.2, 0.25) is 0 Å². The number of nitrogen functional groups attached to an aromatic ring is 1. The Morgan fingerprint density at radius 3 is 2.53 bits per heavy atom. The zero-order chi connectivity index (χ0) is 13.6. The summed E-state index contributed by atoms with van der Waals surface area (Å²) in [5.41, 5.74) is 10.0. The van der Waals surface area contributed by atoms with Crippen LogP contribution in [0.2, 0.25) is 0 Å². The summed E-state index contributed by atoms with van der Waals surface area (Å²) in [7, 11) is 0. The molecule has 1 unspecified atom stereocenters. The molecule has 1 aliphatic rings. The maximum atomic E-state index is 5.82. The number of rotatable bonds is 1. The van der Waals surface area contributed by atoms with Gasteiger partial charge in [-0.25, -0.2) is 4.98 Å². The third-order valence-corrected chi connectivity index (χ3v) is 4.95. The van der Waals surface area contributed by atoms with Gasteiger partial charge in [0.15, 0.2) is 5.13 Å². The molecule has 0 fully saturated rings. The van der Waals surface area contributed by atoms with Crippen LogP contribution in [0.1, 0.15) is 54.8 Å². The van der Waals surface area contributed by atoms with Crippen molar-refractivity contribution in [2.75, 3.05) is 5.73 Å². The van der Waals surface area contributed by atoms with Crippen molar-refractivity contribution in [1.82, 2.24) is 4.98 Å². The Balaban J connectivity index is 1.92. The fourth-order valence-electron chi connectivity index (χ4n) is 2.78. The highest BCUT2D eigenvalue weighted by molar-refractivity contribution is 7.15. The third-order valence-electron chi connectivity index (χ3n) is 3.91. The molecule has 19 heavy (non-hydrogen) atoms. The summed E-state index contributed by atoms with van der Waals surface area (Å²) >= 11 is 1.66. The molecule has 2 N–H and O–H groups in total. The van der Waals surface area contributed by atoms with Crippen LogP contribution < -0.4 is 5.73 Å². The summed E-state index contributed by atoms with van der Waals surface area (Å²) in [6.45, 7) is 6.75. The van der Waals surface area contributed by atoms with E-state index < -0.39 is 0 Å². The summed E-state index contributed by atoms with van der Waals surface area (Å²) in [6, 6.07) is 9.07. The van der Waals surface area contributed by atoms with E-state index in [0.29, 0.717) is 11.0 Å². The molecule has 0 aliphatic heterocycles. The number of nitrogens with zero attached hydrogens (tertiary/aromatic N) is 1. The van der Waals surface area contributed by atoms with Crippen LogP contribution in [0, 0.1) is 0 Å². The molecule has 0 bridgehead atoms.